The van der Waals surface area contributed by atoms with Gasteiger partial charge in [0.1, 0.15) is 0 Å². The highest BCUT2D eigenvalue weighted by Crippen LogP contribution is 2.28. The Hall–Kier alpha value is -0.290. The number of rotatable bonds is 3. The lowest BCUT2D eigenvalue weighted by Crippen LogP contribution is -2.40. The molecule has 0 saturated heterocycles. The van der Waals surface area contributed by atoms with E-state index in [1.54, 1.807) is 0 Å². The summed E-state index contributed by atoms with van der Waals surface area (Å²) in [6, 6.07) is 0. The topological polar surface area (TPSA) is 35.2 Å². The molecule has 1 unspecified atom stereocenters. The van der Waals surface area contributed by atoms with Crippen LogP contribution in [0, 0.1) is 0 Å². The van der Waals surface area contributed by atoms with Crippen LogP contribution in [0.5, 0.6) is 0 Å². The van der Waals surface area contributed by atoms with Crippen molar-refractivity contribution in [3.8, 4) is 0 Å². The van der Waals surface area contributed by atoms with Crippen LogP contribution in [-0.4, -0.2) is 25.4 Å². The summed E-state index contributed by atoms with van der Waals surface area (Å²) in [6.45, 7) is 1.20. The predicted molar refractivity (Wildman–Crippen MR) is 35.1 cm³/mol. The Balaban J connectivity index is 4.08. The second-order valence-electron chi connectivity index (χ2n) is 2.65. The van der Waals surface area contributed by atoms with E-state index in [2.05, 4.69) is 4.74 Å². The first-order valence-corrected chi connectivity index (χ1v) is 3.15. The smallest absolute Gasteiger partial charge is 0.377 e. The maximum absolute atomic E-state index is 11.8. The highest BCUT2D eigenvalue weighted by molar-refractivity contribution is 4.78. The first kappa shape index (κ1) is 10.7. The van der Waals surface area contributed by atoms with E-state index in [1.807, 2.05) is 0 Å². The summed E-state index contributed by atoms with van der Waals surface area (Å²) >= 11 is 0. The number of methoxy groups -OCH3 is 1. The SMILES string of the molecule is COC(C)(CN)CC(F)(F)F. The van der Waals surface area contributed by atoms with Gasteiger partial charge in [-0.25, -0.2) is 0 Å². The van der Waals surface area contributed by atoms with Crippen molar-refractivity contribution in [1.82, 2.24) is 0 Å². The number of ether oxygens (including phenoxy) is 1. The normalized spacial score (nSPS) is 18.0. The van der Waals surface area contributed by atoms with Gasteiger partial charge in [-0.2, -0.15) is 13.2 Å². The molecule has 0 saturated carbocycles. The zero-order chi connectivity index (χ0) is 9.12. The average Bonchev–Trinajstić information content (AvgIpc) is 1.84. The molecule has 0 aromatic rings. The molecule has 0 aliphatic rings. The van der Waals surface area contributed by atoms with Gasteiger partial charge in [0, 0.05) is 13.7 Å². The van der Waals surface area contributed by atoms with Crippen molar-refractivity contribution in [1.29, 1.82) is 0 Å². The molecule has 0 aromatic heterocycles. The van der Waals surface area contributed by atoms with Crippen LogP contribution < -0.4 is 5.73 Å². The molecule has 0 spiro atoms. The Kier molecular flexibility index (Phi) is 3.31. The van der Waals surface area contributed by atoms with Crippen molar-refractivity contribution in [3.05, 3.63) is 0 Å². The van der Waals surface area contributed by atoms with Crippen LogP contribution >= 0.6 is 0 Å². The van der Waals surface area contributed by atoms with Gasteiger partial charge >= 0.3 is 6.18 Å². The molecule has 0 radical (unpaired) electrons. The van der Waals surface area contributed by atoms with E-state index >= 15 is 0 Å². The molecule has 0 amide bonds. The van der Waals surface area contributed by atoms with Gasteiger partial charge in [-0.3, -0.25) is 0 Å². The van der Waals surface area contributed by atoms with E-state index in [0.717, 1.165) is 0 Å². The molecule has 0 bridgehead atoms. The third kappa shape index (κ3) is 4.21. The van der Waals surface area contributed by atoms with E-state index in [4.69, 9.17) is 5.73 Å². The number of hydrogen-bond acceptors (Lipinski definition) is 2. The fourth-order valence-corrected chi connectivity index (χ4v) is 0.652. The van der Waals surface area contributed by atoms with Gasteiger partial charge in [-0.05, 0) is 6.92 Å². The first-order valence-electron chi connectivity index (χ1n) is 3.15. The van der Waals surface area contributed by atoms with Gasteiger partial charge in [0.15, 0.2) is 0 Å². The van der Waals surface area contributed by atoms with Crippen molar-refractivity contribution in [2.45, 2.75) is 25.1 Å². The molecular weight excluding hydrogens is 159 g/mol. The number of hydrogen-bond donors (Lipinski definition) is 1. The van der Waals surface area contributed by atoms with Crippen molar-refractivity contribution in [2.24, 2.45) is 5.73 Å². The minimum Gasteiger partial charge on any atom is -0.377 e. The van der Waals surface area contributed by atoms with Crippen molar-refractivity contribution in [2.75, 3.05) is 13.7 Å². The Morgan fingerprint density at radius 2 is 1.82 bits per heavy atom. The Bertz CT molecular complexity index is 119. The zero-order valence-electron chi connectivity index (χ0n) is 6.53. The minimum atomic E-state index is -4.22. The quantitative estimate of drug-likeness (QED) is 0.694. The summed E-state index contributed by atoms with van der Waals surface area (Å²) in [4.78, 5) is 0. The molecular formula is C6H12F3NO. The fourth-order valence-electron chi connectivity index (χ4n) is 0.652. The molecule has 0 aromatic carbocycles. The van der Waals surface area contributed by atoms with Crippen molar-refractivity contribution in [3.63, 3.8) is 0 Å². The summed E-state index contributed by atoms with van der Waals surface area (Å²) in [6.07, 6.45) is -5.23. The summed E-state index contributed by atoms with van der Waals surface area (Å²) in [7, 11) is 1.22. The number of alkyl halides is 3. The van der Waals surface area contributed by atoms with Crippen molar-refractivity contribution >= 4 is 0 Å². The van der Waals surface area contributed by atoms with Crippen LogP contribution in [0.2, 0.25) is 0 Å². The van der Waals surface area contributed by atoms with Gasteiger partial charge in [-0.15, -0.1) is 0 Å². The number of nitrogens with two attached hydrogens (primary N) is 1. The fraction of sp³-hybridized carbons (Fsp3) is 1.00. The van der Waals surface area contributed by atoms with Gasteiger partial charge < -0.3 is 10.5 Å². The maximum Gasteiger partial charge on any atom is 0.391 e. The average molecular weight is 171 g/mol. The molecule has 2 N–H and O–H groups in total. The molecule has 11 heavy (non-hydrogen) atoms. The van der Waals surface area contributed by atoms with E-state index in [9.17, 15) is 13.2 Å². The van der Waals surface area contributed by atoms with Crippen LogP contribution in [0.25, 0.3) is 0 Å². The van der Waals surface area contributed by atoms with Gasteiger partial charge in [0.2, 0.25) is 0 Å². The zero-order valence-corrected chi connectivity index (χ0v) is 6.53. The minimum absolute atomic E-state index is 0.136. The Morgan fingerprint density at radius 1 is 1.36 bits per heavy atom. The van der Waals surface area contributed by atoms with Crippen LogP contribution in [0.15, 0.2) is 0 Å². The summed E-state index contributed by atoms with van der Waals surface area (Å²) < 4.78 is 40.0. The van der Waals surface area contributed by atoms with Gasteiger partial charge in [0.25, 0.3) is 0 Å². The highest BCUT2D eigenvalue weighted by atomic mass is 19.4. The highest BCUT2D eigenvalue weighted by Gasteiger charge is 2.38. The largest absolute Gasteiger partial charge is 0.391 e. The molecule has 0 fully saturated rings. The van der Waals surface area contributed by atoms with Gasteiger partial charge in [0.05, 0.1) is 12.0 Å². The second-order valence-corrected chi connectivity index (χ2v) is 2.65. The summed E-state index contributed by atoms with van der Waals surface area (Å²) in [5.74, 6) is 0. The Labute approximate surface area is 63.5 Å². The standard InChI is InChI=1S/C6H12F3NO/c1-5(4-10,11-2)3-6(7,8)9/h3-4,10H2,1-2H3. The molecule has 1 atom stereocenters. The molecule has 2 nitrogen and oxygen atoms in total. The molecule has 68 valence electrons. The summed E-state index contributed by atoms with van der Waals surface area (Å²) in [5, 5.41) is 0. The molecule has 5 heteroatoms. The van der Waals surface area contributed by atoms with Crippen LogP contribution in [0.3, 0.4) is 0 Å². The third-order valence-corrected chi connectivity index (χ3v) is 1.50. The molecule has 0 aliphatic carbocycles. The molecule has 0 rings (SSSR count). The van der Waals surface area contributed by atoms with Crippen molar-refractivity contribution < 1.29 is 17.9 Å². The van der Waals surface area contributed by atoms with E-state index < -0.39 is 18.2 Å². The monoisotopic (exact) mass is 171 g/mol. The predicted octanol–water partition coefficient (Wildman–Crippen LogP) is 1.30. The third-order valence-electron chi connectivity index (χ3n) is 1.50. The van der Waals surface area contributed by atoms with Crippen LogP contribution in [0.4, 0.5) is 13.2 Å². The maximum atomic E-state index is 11.8. The Morgan fingerprint density at radius 3 is 1.91 bits per heavy atom. The lowest BCUT2D eigenvalue weighted by atomic mass is 10.0. The first-order chi connectivity index (χ1) is 4.83. The van der Waals surface area contributed by atoms with Crippen LogP contribution in [0.1, 0.15) is 13.3 Å². The number of halogens is 3. The molecule has 0 heterocycles. The van der Waals surface area contributed by atoms with E-state index in [0.29, 0.717) is 0 Å². The van der Waals surface area contributed by atoms with Crippen LogP contribution in [-0.2, 0) is 4.74 Å². The van der Waals surface area contributed by atoms with E-state index in [-0.39, 0.29) is 6.54 Å². The van der Waals surface area contributed by atoms with E-state index in [1.165, 1.54) is 14.0 Å². The lowest BCUT2D eigenvalue weighted by Gasteiger charge is -2.27. The molecule has 0 aliphatic heterocycles. The van der Waals surface area contributed by atoms with Gasteiger partial charge in [-0.1, -0.05) is 0 Å². The lowest BCUT2D eigenvalue weighted by molar-refractivity contribution is -0.176. The second kappa shape index (κ2) is 3.40. The summed E-state index contributed by atoms with van der Waals surface area (Å²) in [5.41, 5.74) is 3.82.